The van der Waals surface area contributed by atoms with Crippen molar-refractivity contribution >= 4 is 29.0 Å². The molecule has 27 heavy (non-hydrogen) atoms. The van der Waals surface area contributed by atoms with E-state index in [-0.39, 0.29) is 24.1 Å². The Labute approximate surface area is 159 Å². The lowest BCUT2D eigenvalue weighted by atomic mass is 10.1. The average Bonchev–Trinajstić information content (AvgIpc) is 2.63. The van der Waals surface area contributed by atoms with Gasteiger partial charge in [0.15, 0.2) is 5.78 Å². The second-order valence-corrected chi connectivity index (χ2v) is 6.63. The number of nitrogens with zero attached hydrogens (tertiary/aromatic N) is 1. The van der Waals surface area contributed by atoms with Gasteiger partial charge in [0, 0.05) is 16.9 Å². The summed E-state index contributed by atoms with van der Waals surface area (Å²) in [6, 6.07) is 13.8. The van der Waals surface area contributed by atoms with E-state index >= 15 is 0 Å². The molecule has 142 valence electrons. The van der Waals surface area contributed by atoms with E-state index < -0.39 is 6.04 Å². The van der Waals surface area contributed by atoms with Gasteiger partial charge in [-0.1, -0.05) is 29.8 Å². The van der Waals surface area contributed by atoms with Gasteiger partial charge in [-0.25, -0.2) is 0 Å². The van der Waals surface area contributed by atoms with Crippen molar-refractivity contribution in [3.05, 3.63) is 59.7 Å². The molecule has 1 atom stereocenters. The van der Waals surface area contributed by atoms with Crippen LogP contribution in [0.3, 0.4) is 0 Å². The summed E-state index contributed by atoms with van der Waals surface area (Å²) in [5.74, 6) is -0.509. The molecule has 2 rings (SSSR count). The van der Waals surface area contributed by atoms with Crippen molar-refractivity contribution in [1.82, 2.24) is 4.90 Å². The molecule has 0 aromatic heterocycles. The van der Waals surface area contributed by atoms with Crippen LogP contribution in [-0.2, 0) is 9.59 Å². The van der Waals surface area contributed by atoms with E-state index in [9.17, 15) is 14.4 Å². The topological polar surface area (TPSA) is 78.5 Å². The molecular weight excluding hydrogens is 342 g/mol. The van der Waals surface area contributed by atoms with Crippen LogP contribution in [0.5, 0.6) is 0 Å². The Balaban J connectivity index is 1.91. The fraction of sp³-hybridized carbons (Fsp3) is 0.286. The Bertz CT molecular complexity index is 831. The molecule has 0 aliphatic heterocycles. The summed E-state index contributed by atoms with van der Waals surface area (Å²) >= 11 is 0. The SMILES string of the molecule is CC(=O)c1cccc(NC(=O)[C@H](C)N(C)CC(=O)Nc2ccc(C)cc2)c1. The van der Waals surface area contributed by atoms with Gasteiger partial charge in [-0.2, -0.15) is 0 Å². The highest BCUT2D eigenvalue weighted by Crippen LogP contribution is 2.13. The molecule has 2 amide bonds. The van der Waals surface area contributed by atoms with Gasteiger partial charge in [0.2, 0.25) is 11.8 Å². The molecule has 2 N–H and O–H groups in total. The summed E-state index contributed by atoms with van der Waals surface area (Å²) in [6.07, 6.45) is 0. The summed E-state index contributed by atoms with van der Waals surface area (Å²) in [5, 5.41) is 5.60. The number of carbonyl (C=O) groups is 3. The first kappa shape index (κ1) is 20.3. The lowest BCUT2D eigenvalue weighted by molar-refractivity contribution is -0.122. The third-order valence-corrected chi connectivity index (χ3v) is 4.31. The van der Waals surface area contributed by atoms with Crippen LogP contribution in [-0.4, -0.2) is 42.1 Å². The molecule has 0 radical (unpaired) electrons. The third-order valence-electron chi connectivity index (χ3n) is 4.31. The normalized spacial score (nSPS) is 11.7. The molecule has 0 fully saturated rings. The van der Waals surface area contributed by atoms with Crippen LogP contribution in [0.25, 0.3) is 0 Å². The standard InChI is InChI=1S/C21H25N3O3/c1-14-8-10-18(11-9-14)22-20(26)13-24(4)15(2)21(27)23-19-7-5-6-17(12-19)16(3)25/h5-12,15H,13H2,1-4H3,(H,22,26)(H,23,27)/t15-/m0/s1. The summed E-state index contributed by atoms with van der Waals surface area (Å²) in [5.41, 5.74) is 2.92. The maximum Gasteiger partial charge on any atom is 0.241 e. The van der Waals surface area contributed by atoms with Gasteiger partial charge >= 0.3 is 0 Å². The lowest BCUT2D eigenvalue weighted by Crippen LogP contribution is -2.43. The number of anilines is 2. The van der Waals surface area contributed by atoms with E-state index in [1.807, 2.05) is 31.2 Å². The van der Waals surface area contributed by atoms with Gasteiger partial charge in [-0.3, -0.25) is 19.3 Å². The minimum Gasteiger partial charge on any atom is -0.325 e. The zero-order valence-electron chi connectivity index (χ0n) is 16.1. The molecule has 0 saturated heterocycles. The highest BCUT2D eigenvalue weighted by Gasteiger charge is 2.20. The molecule has 0 bridgehead atoms. The first-order valence-electron chi connectivity index (χ1n) is 8.75. The lowest BCUT2D eigenvalue weighted by Gasteiger charge is -2.23. The van der Waals surface area contributed by atoms with Gasteiger partial charge < -0.3 is 10.6 Å². The Hall–Kier alpha value is -2.99. The smallest absolute Gasteiger partial charge is 0.241 e. The van der Waals surface area contributed by atoms with E-state index in [1.165, 1.54) is 6.92 Å². The molecule has 2 aromatic carbocycles. The van der Waals surface area contributed by atoms with Gasteiger partial charge in [-0.15, -0.1) is 0 Å². The monoisotopic (exact) mass is 367 g/mol. The second kappa shape index (κ2) is 9.09. The van der Waals surface area contributed by atoms with E-state index in [0.717, 1.165) is 11.3 Å². The zero-order valence-corrected chi connectivity index (χ0v) is 16.1. The van der Waals surface area contributed by atoms with Crippen LogP contribution in [0.2, 0.25) is 0 Å². The molecule has 6 heteroatoms. The number of amides is 2. The van der Waals surface area contributed by atoms with Gasteiger partial charge in [0.25, 0.3) is 0 Å². The number of hydrogen-bond acceptors (Lipinski definition) is 4. The Kier molecular flexibility index (Phi) is 6.85. The molecule has 0 heterocycles. The fourth-order valence-electron chi connectivity index (χ4n) is 2.46. The predicted octanol–water partition coefficient (Wildman–Crippen LogP) is 3.10. The van der Waals surface area contributed by atoms with Crippen molar-refractivity contribution in [3.8, 4) is 0 Å². The summed E-state index contributed by atoms with van der Waals surface area (Å²) in [7, 11) is 1.71. The quantitative estimate of drug-likeness (QED) is 0.737. The molecular formula is C21H25N3O3. The number of likely N-dealkylation sites (N-methyl/N-ethyl adjacent to an activating group) is 1. The number of benzene rings is 2. The van der Waals surface area contributed by atoms with Crippen molar-refractivity contribution < 1.29 is 14.4 Å². The zero-order chi connectivity index (χ0) is 20.0. The number of Topliss-reactive ketones (excluding diaryl/α,β-unsaturated/α-hetero) is 1. The third kappa shape index (κ3) is 6.04. The van der Waals surface area contributed by atoms with Crippen LogP contribution >= 0.6 is 0 Å². The van der Waals surface area contributed by atoms with Crippen LogP contribution in [0.1, 0.15) is 29.8 Å². The van der Waals surface area contributed by atoms with Crippen LogP contribution in [0, 0.1) is 6.92 Å². The van der Waals surface area contributed by atoms with Crippen molar-refractivity contribution in [3.63, 3.8) is 0 Å². The van der Waals surface area contributed by atoms with Crippen LogP contribution in [0.4, 0.5) is 11.4 Å². The van der Waals surface area contributed by atoms with Crippen molar-refractivity contribution in [2.45, 2.75) is 26.8 Å². The number of hydrogen-bond donors (Lipinski definition) is 2. The van der Waals surface area contributed by atoms with Crippen molar-refractivity contribution in [1.29, 1.82) is 0 Å². The minimum atomic E-state index is -0.519. The number of carbonyl (C=O) groups excluding carboxylic acids is 3. The second-order valence-electron chi connectivity index (χ2n) is 6.63. The van der Waals surface area contributed by atoms with Gasteiger partial charge in [0.1, 0.15) is 0 Å². The van der Waals surface area contributed by atoms with Gasteiger partial charge in [0.05, 0.1) is 12.6 Å². The molecule has 0 unspecified atom stereocenters. The highest BCUT2D eigenvalue weighted by molar-refractivity contribution is 5.99. The molecule has 0 aliphatic rings. The first-order valence-corrected chi connectivity index (χ1v) is 8.75. The molecule has 2 aromatic rings. The molecule has 0 spiro atoms. The number of ketones is 1. The van der Waals surface area contributed by atoms with E-state index in [0.29, 0.717) is 11.3 Å². The summed E-state index contributed by atoms with van der Waals surface area (Å²) in [6.45, 7) is 5.26. The Morgan fingerprint density at radius 2 is 1.67 bits per heavy atom. The van der Waals surface area contributed by atoms with E-state index in [1.54, 1.807) is 43.1 Å². The predicted molar refractivity (Wildman–Crippen MR) is 107 cm³/mol. The molecule has 6 nitrogen and oxygen atoms in total. The summed E-state index contributed by atoms with van der Waals surface area (Å²) in [4.78, 5) is 37.7. The van der Waals surface area contributed by atoms with E-state index in [4.69, 9.17) is 0 Å². The number of aryl methyl sites for hydroxylation is 1. The van der Waals surface area contributed by atoms with Crippen LogP contribution < -0.4 is 10.6 Å². The molecule has 0 aliphatic carbocycles. The Morgan fingerprint density at radius 3 is 2.30 bits per heavy atom. The van der Waals surface area contributed by atoms with Crippen molar-refractivity contribution in [2.75, 3.05) is 24.2 Å². The Morgan fingerprint density at radius 1 is 1.00 bits per heavy atom. The maximum atomic E-state index is 12.4. The number of rotatable bonds is 7. The average molecular weight is 367 g/mol. The van der Waals surface area contributed by atoms with E-state index in [2.05, 4.69) is 10.6 Å². The minimum absolute atomic E-state index is 0.0657. The van der Waals surface area contributed by atoms with Crippen molar-refractivity contribution in [2.24, 2.45) is 0 Å². The summed E-state index contributed by atoms with van der Waals surface area (Å²) < 4.78 is 0. The largest absolute Gasteiger partial charge is 0.325 e. The van der Waals surface area contributed by atoms with Gasteiger partial charge in [-0.05, 0) is 52.1 Å². The number of nitrogens with one attached hydrogen (secondary N) is 2. The fourth-order valence-corrected chi connectivity index (χ4v) is 2.46. The van der Waals surface area contributed by atoms with Crippen LogP contribution in [0.15, 0.2) is 48.5 Å². The highest BCUT2D eigenvalue weighted by atomic mass is 16.2. The maximum absolute atomic E-state index is 12.4. The first-order chi connectivity index (χ1) is 12.8. The molecule has 0 saturated carbocycles.